The van der Waals surface area contributed by atoms with Crippen LogP contribution in [0.5, 0.6) is 0 Å². The fraction of sp³-hybridized carbons (Fsp3) is 0. The van der Waals surface area contributed by atoms with Gasteiger partial charge in [0.15, 0.2) is 7.26 Å². The van der Waals surface area contributed by atoms with Crippen LogP contribution in [0.1, 0.15) is 10.4 Å². The van der Waals surface area contributed by atoms with Gasteiger partial charge in [-0.2, -0.15) is 5.26 Å². The van der Waals surface area contributed by atoms with Gasteiger partial charge in [-0.1, -0.05) is 54.6 Å². The summed E-state index contributed by atoms with van der Waals surface area (Å²) in [5.41, 5.74) is 0.0978. The summed E-state index contributed by atoms with van der Waals surface area (Å²) in [5, 5.41) is 27.5. The molecule has 0 saturated heterocycles. The number of allylic oxidation sites excluding steroid dienone is 1. The second-order valence-corrected chi connectivity index (χ2v) is 11.5. The summed E-state index contributed by atoms with van der Waals surface area (Å²) in [4.78, 5) is 23.5. The molecule has 8 heteroatoms. The number of non-ortho nitro benzene ring substituents is 1. The number of nitriles is 1. The lowest BCUT2D eigenvalue weighted by Gasteiger charge is -2.27. The highest BCUT2D eigenvalue weighted by atomic mass is 32.1. The number of hydrogen-bond acceptors (Lipinski definition) is 5. The first-order valence-electron chi connectivity index (χ1n) is 10.9. The highest BCUT2D eigenvalue weighted by Gasteiger charge is 2.51. The topological polar surface area (TPSA) is 96.0 Å². The number of nitro groups is 1. The van der Waals surface area contributed by atoms with Crippen LogP contribution in [0, 0.1) is 21.4 Å². The zero-order valence-corrected chi connectivity index (χ0v) is 20.8. The number of rotatable bonds is 7. The summed E-state index contributed by atoms with van der Waals surface area (Å²) in [6.07, 6.45) is 0. The Morgan fingerprint density at radius 1 is 0.778 bits per heavy atom. The molecule has 1 amide bonds. The quantitative estimate of drug-likeness (QED) is 0.121. The largest absolute Gasteiger partial charge is 0.313 e. The number of carbonyl (C=O) groups excluding carboxylic acids is 1. The summed E-state index contributed by atoms with van der Waals surface area (Å²) in [5.74, 6) is -0.519. The van der Waals surface area contributed by atoms with Crippen LogP contribution in [0.2, 0.25) is 0 Å². The normalized spacial score (nSPS) is 11.7. The van der Waals surface area contributed by atoms with E-state index in [4.69, 9.17) is 0 Å². The molecule has 0 bridgehead atoms. The van der Waals surface area contributed by atoms with Gasteiger partial charge in [0, 0.05) is 17.7 Å². The Morgan fingerprint density at radius 2 is 1.19 bits per heavy atom. The molecule has 0 atom stereocenters. The average molecular weight is 511 g/mol. The van der Waals surface area contributed by atoms with E-state index in [0.717, 1.165) is 15.9 Å². The van der Waals surface area contributed by atoms with Gasteiger partial charge < -0.3 is 5.32 Å². The fourth-order valence-corrected chi connectivity index (χ4v) is 8.70. The molecule has 1 N–H and O–H groups in total. The first kappa shape index (κ1) is 24.9. The van der Waals surface area contributed by atoms with E-state index in [1.54, 1.807) is 0 Å². The molecule has 0 aliphatic carbocycles. The zero-order valence-electron chi connectivity index (χ0n) is 19.0. The molecule has 0 saturated carbocycles. The lowest BCUT2D eigenvalue weighted by atomic mass is 10.2. The van der Waals surface area contributed by atoms with Crippen LogP contribution < -0.4 is 21.2 Å². The third-order valence-corrected chi connectivity index (χ3v) is 10.4. The Balaban J connectivity index is 1.92. The third kappa shape index (κ3) is 4.78. The standard InChI is InChI=1S/C28H20N3O3PS/c29-20-26(28(36)30-27(32)21-16-18-22(19-17-21)31(33)34)35(23-10-4-1-5-11-23,24-12-6-2-7-13-24)25-14-8-3-9-15-25/h1-19H,(H-,30,32,36)/p+1. The highest BCUT2D eigenvalue weighted by Crippen LogP contribution is 2.63. The second kappa shape index (κ2) is 11.0. The van der Waals surface area contributed by atoms with Crippen LogP contribution in [0.4, 0.5) is 5.69 Å². The fourth-order valence-electron chi connectivity index (χ4n) is 4.05. The zero-order chi connectivity index (χ0) is 25.5. The summed E-state index contributed by atoms with van der Waals surface area (Å²) in [7, 11) is -2.75. The maximum absolute atomic E-state index is 13.0. The Morgan fingerprint density at radius 3 is 1.56 bits per heavy atom. The Kier molecular flexibility index (Phi) is 7.60. The van der Waals surface area contributed by atoms with Gasteiger partial charge >= 0.3 is 0 Å². The third-order valence-electron chi connectivity index (χ3n) is 5.67. The molecule has 176 valence electrons. The summed E-state index contributed by atoms with van der Waals surface area (Å²) < 4.78 is 0. The summed E-state index contributed by atoms with van der Waals surface area (Å²) in [6.45, 7) is 0. The molecule has 36 heavy (non-hydrogen) atoms. The maximum atomic E-state index is 13.0. The van der Waals surface area contributed by atoms with Gasteiger partial charge in [-0.05, 0) is 48.5 Å². The minimum atomic E-state index is -2.75. The molecule has 0 aliphatic heterocycles. The highest BCUT2D eigenvalue weighted by molar-refractivity contribution is 8.00. The smallest absolute Gasteiger partial charge is 0.269 e. The number of thiol groups is 1. The molecule has 0 spiro atoms. The van der Waals surface area contributed by atoms with Gasteiger partial charge in [0.1, 0.15) is 27.0 Å². The van der Waals surface area contributed by atoms with Gasteiger partial charge in [0.2, 0.25) is 5.31 Å². The number of hydrogen-bond donors (Lipinski definition) is 2. The van der Waals surface area contributed by atoms with Gasteiger partial charge in [0.25, 0.3) is 11.6 Å². The van der Waals surface area contributed by atoms with E-state index >= 15 is 0 Å². The SMILES string of the molecule is N#CC(=C(S)NC(=O)c1ccc([N+](=O)[O-])cc1)[P+](c1ccccc1)(c1ccccc1)c1ccccc1. The van der Waals surface area contributed by atoms with Crippen molar-refractivity contribution in [3.05, 3.63) is 141 Å². The summed E-state index contributed by atoms with van der Waals surface area (Å²) in [6, 6.07) is 36.9. The van der Waals surface area contributed by atoms with Crippen molar-refractivity contribution in [2.24, 2.45) is 0 Å². The Hall–Kier alpha value is -4.24. The van der Waals surface area contributed by atoms with E-state index in [1.807, 2.05) is 91.0 Å². The first-order valence-corrected chi connectivity index (χ1v) is 13.2. The summed E-state index contributed by atoms with van der Waals surface area (Å²) >= 11 is 4.64. The van der Waals surface area contributed by atoms with Crippen molar-refractivity contribution in [3.8, 4) is 6.07 Å². The van der Waals surface area contributed by atoms with Crippen molar-refractivity contribution in [3.63, 3.8) is 0 Å². The van der Waals surface area contributed by atoms with Gasteiger partial charge in [-0.15, -0.1) is 12.6 Å². The molecule has 6 nitrogen and oxygen atoms in total. The first-order chi connectivity index (χ1) is 17.5. The van der Waals surface area contributed by atoms with Crippen molar-refractivity contribution in [2.45, 2.75) is 0 Å². The molecular weight excluding hydrogens is 489 g/mol. The Labute approximate surface area is 214 Å². The monoisotopic (exact) mass is 510 g/mol. The average Bonchev–Trinajstić information content (AvgIpc) is 2.93. The maximum Gasteiger partial charge on any atom is 0.269 e. The lowest BCUT2D eigenvalue weighted by Crippen LogP contribution is -2.34. The number of amides is 1. The predicted octanol–water partition coefficient (Wildman–Crippen LogP) is 4.94. The van der Waals surface area contributed by atoms with Crippen LogP contribution >= 0.6 is 19.9 Å². The number of nitro benzene ring substituents is 1. The van der Waals surface area contributed by atoms with Crippen molar-refractivity contribution in [1.29, 1.82) is 5.26 Å². The minimum Gasteiger partial charge on any atom is -0.313 e. The second-order valence-electron chi connectivity index (χ2n) is 7.74. The van der Waals surface area contributed by atoms with E-state index < -0.39 is 18.1 Å². The van der Waals surface area contributed by atoms with Crippen LogP contribution in [0.3, 0.4) is 0 Å². The molecule has 0 aliphatic rings. The van der Waals surface area contributed by atoms with Crippen molar-refractivity contribution in [1.82, 2.24) is 5.32 Å². The minimum absolute atomic E-state index is 0.118. The Bertz CT molecular complexity index is 1360. The molecule has 0 radical (unpaired) electrons. The molecule has 0 heterocycles. The molecular formula is C28H21N3O3PS+. The van der Waals surface area contributed by atoms with Crippen molar-refractivity contribution in [2.75, 3.05) is 0 Å². The van der Waals surface area contributed by atoms with E-state index in [9.17, 15) is 20.2 Å². The predicted molar refractivity (Wildman–Crippen MR) is 147 cm³/mol. The molecule has 4 aromatic rings. The van der Waals surface area contributed by atoms with Gasteiger partial charge in [0.05, 0.1) is 4.92 Å². The van der Waals surface area contributed by atoms with Crippen molar-refractivity contribution >= 4 is 47.4 Å². The van der Waals surface area contributed by atoms with Crippen LogP contribution in [0.15, 0.2) is 126 Å². The van der Waals surface area contributed by atoms with Crippen molar-refractivity contribution < 1.29 is 9.72 Å². The van der Waals surface area contributed by atoms with Crippen LogP contribution in [0.25, 0.3) is 0 Å². The number of carbonyl (C=O) groups is 1. The van der Waals surface area contributed by atoms with Gasteiger partial charge in [-0.25, -0.2) is 0 Å². The van der Waals surface area contributed by atoms with Crippen LogP contribution in [-0.4, -0.2) is 10.8 Å². The van der Waals surface area contributed by atoms with E-state index in [1.165, 1.54) is 24.3 Å². The molecule has 0 aromatic heterocycles. The lowest BCUT2D eigenvalue weighted by molar-refractivity contribution is -0.384. The van der Waals surface area contributed by atoms with E-state index in [-0.39, 0.29) is 16.3 Å². The number of benzene rings is 4. The van der Waals surface area contributed by atoms with E-state index in [2.05, 4.69) is 24.0 Å². The van der Waals surface area contributed by atoms with Crippen LogP contribution in [-0.2, 0) is 0 Å². The number of nitrogens with zero attached hydrogens (tertiary/aromatic N) is 2. The molecule has 4 aromatic carbocycles. The van der Waals surface area contributed by atoms with E-state index in [0.29, 0.717) is 5.31 Å². The number of nitrogens with one attached hydrogen (secondary N) is 1. The molecule has 0 fully saturated rings. The molecule has 0 unspecified atom stereocenters. The molecule has 4 rings (SSSR count). The van der Waals surface area contributed by atoms with Gasteiger partial charge in [-0.3, -0.25) is 14.9 Å².